The van der Waals surface area contributed by atoms with Gasteiger partial charge in [0.05, 0.1) is 6.61 Å². The molecule has 2 rings (SSSR count). The van der Waals surface area contributed by atoms with Crippen LogP contribution in [0.15, 0.2) is 0 Å². The molecule has 2 fully saturated rings. The zero-order chi connectivity index (χ0) is 17.6. The first-order valence-electron chi connectivity index (χ1n) is 9.53. The van der Waals surface area contributed by atoms with E-state index < -0.39 is 11.4 Å². The van der Waals surface area contributed by atoms with Crippen molar-refractivity contribution in [3.05, 3.63) is 0 Å². The zero-order valence-electron chi connectivity index (χ0n) is 15.3. The Morgan fingerprint density at radius 2 is 2.00 bits per heavy atom. The Balaban J connectivity index is 2.00. The fraction of sp³-hybridized carbons (Fsp3) is 0.895. The molecule has 24 heavy (non-hydrogen) atoms. The quantitative estimate of drug-likeness (QED) is 0.736. The number of methoxy groups -OCH3 is 1. The molecule has 1 saturated carbocycles. The van der Waals surface area contributed by atoms with Crippen LogP contribution in [0.2, 0.25) is 0 Å². The molecule has 0 bridgehead atoms. The smallest absolute Gasteiger partial charge is 0.313 e. The van der Waals surface area contributed by atoms with E-state index in [1.54, 1.807) is 4.90 Å². The normalized spacial score (nSPS) is 26.5. The van der Waals surface area contributed by atoms with Crippen molar-refractivity contribution in [2.45, 2.75) is 64.7 Å². The van der Waals surface area contributed by atoms with Crippen LogP contribution in [-0.4, -0.2) is 48.7 Å². The first-order valence-corrected chi connectivity index (χ1v) is 9.53. The largest absolute Gasteiger partial charge is 0.481 e. The fourth-order valence-corrected chi connectivity index (χ4v) is 4.46. The highest BCUT2D eigenvalue weighted by molar-refractivity contribution is 5.82. The van der Waals surface area contributed by atoms with Gasteiger partial charge in [-0.05, 0) is 25.2 Å². The summed E-state index contributed by atoms with van der Waals surface area (Å²) in [6.45, 7) is 3.13. The number of aliphatic carboxylic acids is 1. The lowest BCUT2D eigenvalue weighted by Gasteiger charge is -2.29. The van der Waals surface area contributed by atoms with E-state index in [1.165, 1.54) is 39.2 Å². The minimum Gasteiger partial charge on any atom is -0.481 e. The van der Waals surface area contributed by atoms with E-state index in [0.29, 0.717) is 25.4 Å². The van der Waals surface area contributed by atoms with Gasteiger partial charge in [-0.15, -0.1) is 0 Å². The van der Waals surface area contributed by atoms with Gasteiger partial charge in [-0.3, -0.25) is 9.59 Å². The molecule has 138 valence electrons. The molecule has 5 heteroatoms. The number of carboxylic acid groups (broad SMARTS) is 1. The van der Waals surface area contributed by atoms with Gasteiger partial charge in [-0.2, -0.15) is 0 Å². The minimum atomic E-state index is -0.925. The number of amides is 1. The van der Waals surface area contributed by atoms with Crippen molar-refractivity contribution in [1.29, 1.82) is 0 Å². The minimum absolute atomic E-state index is 0.0604. The molecular formula is C19H33NO4. The Labute approximate surface area is 145 Å². The van der Waals surface area contributed by atoms with Crippen LogP contribution < -0.4 is 0 Å². The molecule has 1 heterocycles. The Bertz CT molecular complexity index is 433. The van der Waals surface area contributed by atoms with E-state index in [4.69, 9.17) is 4.74 Å². The van der Waals surface area contributed by atoms with Gasteiger partial charge < -0.3 is 14.7 Å². The molecular weight excluding hydrogens is 306 g/mol. The van der Waals surface area contributed by atoms with E-state index in [9.17, 15) is 14.7 Å². The maximum atomic E-state index is 13.0. The standard InChI is InChI=1S/C19H33NO4/c1-3-7-16(12-15-8-5-4-6-9-15)17(21)20-11-10-19(13-20,14-24-2)18(22)23/h15-16H,3-14H2,1-2H3,(H,22,23). The summed E-state index contributed by atoms with van der Waals surface area (Å²) >= 11 is 0. The van der Waals surface area contributed by atoms with Crippen molar-refractivity contribution >= 4 is 11.9 Å². The van der Waals surface area contributed by atoms with Crippen LogP contribution in [0.4, 0.5) is 0 Å². The Morgan fingerprint density at radius 1 is 1.29 bits per heavy atom. The van der Waals surface area contributed by atoms with E-state index in [1.807, 2.05) is 0 Å². The summed E-state index contributed by atoms with van der Waals surface area (Å²) in [7, 11) is 1.53. The molecule has 0 aromatic heterocycles. The van der Waals surface area contributed by atoms with Crippen molar-refractivity contribution < 1.29 is 19.4 Å². The van der Waals surface area contributed by atoms with Gasteiger partial charge >= 0.3 is 5.97 Å². The second kappa shape index (κ2) is 8.84. The summed E-state index contributed by atoms with van der Waals surface area (Å²) < 4.78 is 5.13. The molecule has 0 aromatic rings. The summed E-state index contributed by atoms with van der Waals surface area (Å²) in [6.07, 6.45) is 9.78. The third-order valence-corrected chi connectivity index (χ3v) is 5.87. The molecule has 1 amide bonds. The predicted molar refractivity (Wildman–Crippen MR) is 92.7 cm³/mol. The molecule has 0 spiro atoms. The molecule has 2 unspecified atom stereocenters. The maximum absolute atomic E-state index is 13.0. The maximum Gasteiger partial charge on any atom is 0.313 e. The summed E-state index contributed by atoms with van der Waals surface area (Å²) in [5, 5.41) is 9.58. The van der Waals surface area contributed by atoms with Crippen LogP contribution >= 0.6 is 0 Å². The highest BCUT2D eigenvalue weighted by Gasteiger charge is 2.47. The lowest BCUT2D eigenvalue weighted by molar-refractivity contribution is -0.152. The fourth-order valence-electron chi connectivity index (χ4n) is 4.46. The van der Waals surface area contributed by atoms with Gasteiger partial charge in [0.2, 0.25) is 5.91 Å². The van der Waals surface area contributed by atoms with Crippen LogP contribution in [0.1, 0.15) is 64.7 Å². The number of ether oxygens (including phenoxy) is 1. The van der Waals surface area contributed by atoms with Gasteiger partial charge in [0, 0.05) is 26.1 Å². The van der Waals surface area contributed by atoms with Crippen molar-refractivity contribution in [1.82, 2.24) is 4.90 Å². The summed E-state index contributed by atoms with van der Waals surface area (Å²) in [4.78, 5) is 26.5. The number of hydrogen-bond acceptors (Lipinski definition) is 3. The lowest BCUT2D eigenvalue weighted by Crippen LogP contribution is -2.42. The van der Waals surface area contributed by atoms with Gasteiger partial charge in [0.1, 0.15) is 5.41 Å². The van der Waals surface area contributed by atoms with Crippen LogP contribution in [0.5, 0.6) is 0 Å². The van der Waals surface area contributed by atoms with Crippen molar-refractivity contribution in [3.8, 4) is 0 Å². The van der Waals surface area contributed by atoms with Crippen LogP contribution in [0, 0.1) is 17.3 Å². The second-order valence-corrected chi connectivity index (χ2v) is 7.75. The molecule has 1 aliphatic heterocycles. The predicted octanol–water partition coefficient (Wildman–Crippen LogP) is 3.32. The van der Waals surface area contributed by atoms with Crippen molar-refractivity contribution in [3.63, 3.8) is 0 Å². The van der Waals surface area contributed by atoms with Crippen LogP contribution in [0.3, 0.4) is 0 Å². The first kappa shape index (κ1) is 19.2. The Hall–Kier alpha value is -1.10. The Morgan fingerprint density at radius 3 is 2.58 bits per heavy atom. The average molecular weight is 339 g/mol. The third kappa shape index (κ3) is 4.50. The number of carboxylic acids is 1. The van der Waals surface area contributed by atoms with Crippen LogP contribution in [-0.2, 0) is 14.3 Å². The van der Waals surface area contributed by atoms with E-state index in [-0.39, 0.29) is 18.4 Å². The summed E-state index contributed by atoms with van der Waals surface area (Å²) in [5.74, 6) is 0.0518. The molecule has 2 aliphatic rings. The van der Waals surface area contributed by atoms with Gasteiger partial charge in [0.25, 0.3) is 0 Å². The molecule has 5 nitrogen and oxygen atoms in total. The average Bonchev–Trinajstić information content (AvgIpc) is 3.01. The number of nitrogens with zero attached hydrogens (tertiary/aromatic N) is 1. The first-order chi connectivity index (χ1) is 11.5. The van der Waals surface area contributed by atoms with Crippen molar-refractivity contribution in [2.75, 3.05) is 26.8 Å². The molecule has 0 radical (unpaired) electrons. The van der Waals surface area contributed by atoms with Crippen molar-refractivity contribution in [2.24, 2.45) is 17.3 Å². The third-order valence-electron chi connectivity index (χ3n) is 5.87. The molecule has 0 aromatic carbocycles. The molecule has 1 aliphatic carbocycles. The van der Waals surface area contributed by atoms with Gasteiger partial charge in [0.15, 0.2) is 0 Å². The SMILES string of the molecule is CCCC(CC1CCCCC1)C(=O)N1CCC(COC)(C(=O)O)C1. The molecule has 1 N–H and O–H groups in total. The monoisotopic (exact) mass is 339 g/mol. The number of hydrogen-bond donors (Lipinski definition) is 1. The van der Waals surface area contributed by atoms with E-state index in [0.717, 1.165) is 19.3 Å². The lowest BCUT2D eigenvalue weighted by atomic mass is 9.81. The summed E-state index contributed by atoms with van der Waals surface area (Å²) in [5.41, 5.74) is -0.925. The van der Waals surface area contributed by atoms with Gasteiger partial charge in [-0.1, -0.05) is 45.4 Å². The highest BCUT2D eigenvalue weighted by atomic mass is 16.5. The van der Waals surface area contributed by atoms with E-state index >= 15 is 0 Å². The number of carbonyl (C=O) groups is 2. The highest BCUT2D eigenvalue weighted by Crippen LogP contribution is 2.35. The molecule has 2 atom stereocenters. The Kier molecular flexibility index (Phi) is 7.08. The number of rotatable bonds is 8. The summed E-state index contributed by atoms with van der Waals surface area (Å²) in [6, 6.07) is 0. The topological polar surface area (TPSA) is 66.8 Å². The second-order valence-electron chi connectivity index (χ2n) is 7.75. The van der Waals surface area contributed by atoms with Gasteiger partial charge in [-0.25, -0.2) is 0 Å². The number of carbonyl (C=O) groups excluding carboxylic acids is 1. The molecule has 1 saturated heterocycles. The van der Waals surface area contributed by atoms with Crippen LogP contribution in [0.25, 0.3) is 0 Å². The number of likely N-dealkylation sites (tertiary alicyclic amines) is 1. The van der Waals surface area contributed by atoms with E-state index in [2.05, 4.69) is 6.92 Å². The zero-order valence-corrected chi connectivity index (χ0v) is 15.3.